The van der Waals surface area contributed by atoms with Crippen LogP contribution in [0.2, 0.25) is 0 Å². The highest BCUT2D eigenvalue weighted by Crippen LogP contribution is 2.45. The fourth-order valence-electron chi connectivity index (χ4n) is 11.2. The smallest absolute Gasteiger partial charge is 0.462 e. The number of ether oxygens (including phenoxy) is 4. The molecule has 2 unspecified atom stereocenters. The summed E-state index contributed by atoms with van der Waals surface area (Å²) in [6.07, 6.45) is 53.9. The van der Waals surface area contributed by atoms with E-state index < -0.39 is 97.5 Å². The molecular formula is C73H142O17P2. The van der Waals surface area contributed by atoms with Crippen molar-refractivity contribution in [1.29, 1.82) is 0 Å². The predicted octanol–water partition coefficient (Wildman–Crippen LogP) is 21.3. The number of phosphoric ester groups is 2. The Labute approximate surface area is 562 Å². The zero-order valence-corrected chi connectivity index (χ0v) is 61.5. The highest BCUT2D eigenvalue weighted by Gasteiger charge is 2.30. The van der Waals surface area contributed by atoms with Crippen molar-refractivity contribution < 1.29 is 80.2 Å². The average Bonchev–Trinajstić information content (AvgIpc) is 3.42. The topological polar surface area (TPSA) is 237 Å². The molecule has 0 aromatic rings. The summed E-state index contributed by atoms with van der Waals surface area (Å²) in [6.45, 7) is 7.27. The van der Waals surface area contributed by atoms with Gasteiger partial charge in [-0.05, 0) is 31.6 Å². The number of hydrogen-bond acceptors (Lipinski definition) is 15. The van der Waals surface area contributed by atoms with Gasteiger partial charge in [0.1, 0.15) is 19.3 Å². The lowest BCUT2D eigenvalue weighted by atomic mass is 10.0. The zero-order chi connectivity index (χ0) is 67.7. The standard InChI is InChI=1S/C73H142O17P2/c1-6-9-12-15-18-21-24-25-26-27-28-33-39-44-49-54-59-73(78)90-69(63-84-71(76)57-52-47-42-37-34-29-32-35-40-45-50-55-66(4)5)65-88-92(81,82)86-61-67(74)60-85-91(79,80)87-64-68(89-72(77)58-53-48-43-38-31-23-20-17-14-11-8-3)62-83-70(75)56-51-46-41-36-30-22-19-16-13-10-7-2/h66-69,74H,6-65H2,1-5H3,(H,79,80)(H,81,82)/t67-,68+,69+/m0/s1. The van der Waals surface area contributed by atoms with Gasteiger partial charge in [0.25, 0.3) is 0 Å². The second-order valence-electron chi connectivity index (χ2n) is 26.8. The fourth-order valence-corrected chi connectivity index (χ4v) is 12.8. The molecule has 0 fully saturated rings. The van der Waals surface area contributed by atoms with Gasteiger partial charge in [-0.15, -0.1) is 0 Å². The Bertz CT molecular complexity index is 1770. The number of aliphatic hydroxyl groups is 1. The van der Waals surface area contributed by atoms with Crippen LogP contribution in [0.15, 0.2) is 0 Å². The lowest BCUT2D eigenvalue weighted by Gasteiger charge is -2.21. The zero-order valence-electron chi connectivity index (χ0n) is 59.7. The maximum atomic E-state index is 13.1. The van der Waals surface area contributed by atoms with E-state index >= 15 is 0 Å². The van der Waals surface area contributed by atoms with Gasteiger partial charge in [-0.1, -0.05) is 330 Å². The molecule has 19 heteroatoms. The molecule has 0 saturated carbocycles. The summed E-state index contributed by atoms with van der Waals surface area (Å²) in [4.78, 5) is 72.7. The molecule has 0 radical (unpaired) electrons. The van der Waals surface area contributed by atoms with Crippen molar-refractivity contribution in [3.63, 3.8) is 0 Å². The van der Waals surface area contributed by atoms with Crippen molar-refractivity contribution in [1.82, 2.24) is 0 Å². The molecule has 17 nitrogen and oxygen atoms in total. The molecule has 3 N–H and O–H groups in total. The van der Waals surface area contributed by atoms with Crippen LogP contribution in [-0.4, -0.2) is 96.7 Å². The van der Waals surface area contributed by atoms with Crippen LogP contribution < -0.4 is 0 Å². The molecule has 0 saturated heterocycles. The minimum atomic E-state index is -4.95. The van der Waals surface area contributed by atoms with E-state index in [1.165, 1.54) is 205 Å². The first-order valence-corrected chi connectivity index (χ1v) is 41.1. The molecular weight excluding hydrogens is 1210 g/mol. The average molecular weight is 1350 g/mol. The Hall–Kier alpha value is -1.94. The quantitative estimate of drug-likeness (QED) is 0.0222. The number of carbonyl (C=O) groups is 4. The summed E-state index contributed by atoms with van der Waals surface area (Å²) in [7, 11) is -9.90. The van der Waals surface area contributed by atoms with Crippen molar-refractivity contribution in [2.75, 3.05) is 39.6 Å². The predicted molar refractivity (Wildman–Crippen MR) is 372 cm³/mol. The van der Waals surface area contributed by atoms with Crippen molar-refractivity contribution in [2.45, 2.75) is 400 Å². The lowest BCUT2D eigenvalue weighted by Crippen LogP contribution is -2.30. The van der Waals surface area contributed by atoms with E-state index in [2.05, 4.69) is 34.6 Å². The summed E-state index contributed by atoms with van der Waals surface area (Å²) in [6, 6.07) is 0. The van der Waals surface area contributed by atoms with Gasteiger partial charge in [0.05, 0.1) is 26.4 Å². The fraction of sp³-hybridized carbons (Fsp3) is 0.945. The first-order chi connectivity index (χ1) is 44.5. The van der Waals surface area contributed by atoms with Gasteiger partial charge in [-0.25, -0.2) is 9.13 Å². The normalized spacial score (nSPS) is 14.0. The summed E-state index contributed by atoms with van der Waals surface area (Å²) < 4.78 is 68.4. The third-order valence-electron chi connectivity index (χ3n) is 17.0. The van der Waals surface area contributed by atoms with Crippen molar-refractivity contribution in [3.8, 4) is 0 Å². The van der Waals surface area contributed by atoms with Crippen molar-refractivity contribution in [2.24, 2.45) is 5.92 Å². The Balaban J connectivity index is 5.24. The van der Waals surface area contributed by atoms with Crippen LogP contribution in [0.3, 0.4) is 0 Å². The molecule has 0 aromatic heterocycles. The Kier molecular flexibility index (Phi) is 64.9. The summed E-state index contributed by atoms with van der Waals surface area (Å²) >= 11 is 0. The maximum absolute atomic E-state index is 13.1. The molecule has 0 heterocycles. The molecule has 92 heavy (non-hydrogen) atoms. The molecule has 0 rings (SSSR count). The highest BCUT2D eigenvalue weighted by atomic mass is 31.2. The van der Waals surface area contributed by atoms with Gasteiger partial charge in [-0.2, -0.15) is 0 Å². The van der Waals surface area contributed by atoms with Crippen LogP contribution in [0.1, 0.15) is 381 Å². The number of carbonyl (C=O) groups excluding carboxylic acids is 4. The van der Waals surface area contributed by atoms with E-state index in [-0.39, 0.29) is 25.7 Å². The van der Waals surface area contributed by atoms with Crippen LogP contribution in [0, 0.1) is 5.92 Å². The van der Waals surface area contributed by atoms with Crippen LogP contribution in [0.4, 0.5) is 0 Å². The van der Waals surface area contributed by atoms with Crippen LogP contribution in [-0.2, 0) is 65.4 Å². The number of unbranched alkanes of at least 4 members (excludes halogenated alkanes) is 45. The molecule has 0 spiro atoms. The van der Waals surface area contributed by atoms with E-state index in [1.54, 1.807) is 0 Å². The third kappa shape index (κ3) is 66.7. The number of rotatable bonds is 73. The summed E-state index contributed by atoms with van der Waals surface area (Å²) in [5.41, 5.74) is 0. The maximum Gasteiger partial charge on any atom is 0.472 e. The van der Waals surface area contributed by atoms with E-state index in [1.807, 2.05) is 0 Å². The molecule has 0 bridgehead atoms. The SMILES string of the molecule is CCCCCCCCCCCCCCCCCCC(=O)O[C@H](COC(=O)CCCCCCCCCCCCCC(C)C)COP(=O)(O)OC[C@@H](O)COP(=O)(O)OC[C@@H](COC(=O)CCCCCCCCCCCCC)OC(=O)CCCCCCCCCCCCC. The monoisotopic (exact) mass is 1350 g/mol. The summed E-state index contributed by atoms with van der Waals surface area (Å²) in [5.74, 6) is -1.34. The Morgan fingerprint density at radius 1 is 0.293 bits per heavy atom. The molecule has 0 amide bonds. The van der Waals surface area contributed by atoms with Gasteiger partial charge in [0.2, 0.25) is 0 Å². The van der Waals surface area contributed by atoms with Gasteiger partial charge in [-0.3, -0.25) is 37.3 Å². The van der Waals surface area contributed by atoms with E-state index in [0.717, 1.165) is 95.8 Å². The van der Waals surface area contributed by atoms with Crippen LogP contribution in [0.25, 0.3) is 0 Å². The minimum Gasteiger partial charge on any atom is -0.462 e. The highest BCUT2D eigenvalue weighted by molar-refractivity contribution is 7.47. The van der Waals surface area contributed by atoms with E-state index in [0.29, 0.717) is 25.7 Å². The number of hydrogen-bond donors (Lipinski definition) is 3. The Morgan fingerprint density at radius 2 is 0.500 bits per heavy atom. The molecule has 0 aromatic carbocycles. The van der Waals surface area contributed by atoms with Gasteiger partial charge < -0.3 is 33.8 Å². The largest absolute Gasteiger partial charge is 0.472 e. The lowest BCUT2D eigenvalue weighted by molar-refractivity contribution is -0.161. The molecule has 5 atom stereocenters. The van der Waals surface area contributed by atoms with Crippen LogP contribution >= 0.6 is 15.6 Å². The molecule has 0 aliphatic heterocycles. The van der Waals surface area contributed by atoms with E-state index in [4.69, 9.17) is 37.0 Å². The first-order valence-electron chi connectivity index (χ1n) is 38.1. The second kappa shape index (κ2) is 66.3. The van der Waals surface area contributed by atoms with E-state index in [9.17, 15) is 43.2 Å². The Morgan fingerprint density at radius 3 is 0.739 bits per heavy atom. The number of phosphoric acid groups is 2. The molecule has 0 aliphatic rings. The minimum absolute atomic E-state index is 0.107. The summed E-state index contributed by atoms with van der Waals surface area (Å²) in [5, 5.41) is 10.6. The first kappa shape index (κ1) is 90.1. The van der Waals surface area contributed by atoms with Crippen molar-refractivity contribution in [3.05, 3.63) is 0 Å². The van der Waals surface area contributed by atoms with Gasteiger partial charge >= 0.3 is 39.5 Å². The van der Waals surface area contributed by atoms with Crippen molar-refractivity contribution >= 4 is 39.5 Å². The number of esters is 4. The second-order valence-corrected chi connectivity index (χ2v) is 29.7. The van der Waals surface area contributed by atoms with Gasteiger partial charge in [0, 0.05) is 25.7 Å². The van der Waals surface area contributed by atoms with Gasteiger partial charge in [0.15, 0.2) is 12.2 Å². The third-order valence-corrected chi connectivity index (χ3v) is 18.9. The number of aliphatic hydroxyl groups excluding tert-OH is 1. The molecule has 0 aliphatic carbocycles. The molecule has 546 valence electrons. The van der Waals surface area contributed by atoms with Crippen LogP contribution in [0.5, 0.6) is 0 Å².